The van der Waals surface area contributed by atoms with Crippen LogP contribution in [0.25, 0.3) is 0 Å². The highest BCUT2D eigenvalue weighted by atomic mass is 16.6. The molecular formula is C22H31N3O5. The molecule has 2 saturated heterocycles. The molecule has 30 heavy (non-hydrogen) atoms. The lowest BCUT2D eigenvalue weighted by Gasteiger charge is -2.39. The summed E-state index contributed by atoms with van der Waals surface area (Å²) in [5, 5.41) is 2.92. The number of nitrogens with zero attached hydrogens (tertiary/aromatic N) is 2. The van der Waals surface area contributed by atoms with Crippen molar-refractivity contribution in [2.24, 2.45) is 5.41 Å². The summed E-state index contributed by atoms with van der Waals surface area (Å²) in [4.78, 5) is 40.4. The van der Waals surface area contributed by atoms with Crippen LogP contribution in [0.15, 0.2) is 24.3 Å². The molecule has 8 heteroatoms. The second-order valence-corrected chi connectivity index (χ2v) is 8.70. The first-order chi connectivity index (χ1) is 14.2. The molecule has 8 nitrogen and oxygen atoms in total. The van der Waals surface area contributed by atoms with Gasteiger partial charge in [0, 0.05) is 33.1 Å². The van der Waals surface area contributed by atoms with Gasteiger partial charge in [0.15, 0.2) is 5.60 Å². The lowest BCUT2D eigenvalue weighted by Crippen LogP contribution is -2.49. The van der Waals surface area contributed by atoms with Crippen LogP contribution in [0.5, 0.6) is 5.75 Å². The number of carbonyl (C=O) groups excluding carboxylic acids is 3. The second kappa shape index (κ2) is 8.53. The quantitative estimate of drug-likeness (QED) is 0.761. The minimum Gasteiger partial charge on any atom is -0.495 e. The normalized spacial score (nSPS) is 18.3. The molecule has 2 fully saturated rings. The third-order valence-electron chi connectivity index (χ3n) is 6.10. The number of ether oxygens (including phenoxy) is 2. The zero-order chi connectivity index (χ0) is 21.9. The van der Waals surface area contributed by atoms with Crippen LogP contribution in [0.1, 0.15) is 40.0 Å². The number of rotatable bonds is 4. The molecule has 1 aromatic rings. The summed E-state index contributed by atoms with van der Waals surface area (Å²) in [6, 6.07) is 7.19. The minimum atomic E-state index is -1.16. The number of likely N-dealkylation sites (tertiary alicyclic amines) is 2. The Morgan fingerprint density at radius 3 is 2.23 bits per heavy atom. The summed E-state index contributed by atoms with van der Waals surface area (Å²) in [6.07, 6.45) is 2.57. The summed E-state index contributed by atoms with van der Waals surface area (Å²) in [5.41, 5.74) is -0.494. The van der Waals surface area contributed by atoms with Gasteiger partial charge in [0.25, 0.3) is 5.91 Å². The maximum absolute atomic E-state index is 12.8. The number of methoxy groups -OCH3 is 1. The smallest absolute Gasteiger partial charge is 0.321 e. The fourth-order valence-electron chi connectivity index (χ4n) is 4.43. The first kappa shape index (κ1) is 21.9. The van der Waals surface area contributed by atoms with Crippen LogP contribution in [0.2, 0.25) is 0 Å². The molecule has 0 aromatic heterocycles. The van der Waals surface area contributed by atoms with E-state index in [0.29, 0.717) is 37.6 Å². The van der Waals surface area contributed by atoms with E-state index in [1.165, 1.54) is 6.92 Å². The molecule has 0 radical (unpaired) electrons. The van der Waals surface area contributed by atoms with Gasteiger partial charge in [-0.3, -0.25) is 9.59 Å². The van der Waals surface area contributed by atoms with E-state index in [-0.39, 0.29) is 17.4 Å². The average molecular weight is 418 g/mol. The summed E-state index contributed by atoms with van der Waals surface area (Å²) in [5.74, 6) is 0.00205. The molecule has 2 aliphatic rings. The van der Waals surface area contributed by atoms with Gasteiger partial charge >= 0.3 is 12.0 Å². The van der Waals surface area contributed by atoms with Crippen LogP contribution in [-0.4, -0.2) is 66.6 Å². The Morgan fingerprint density at radius 2 is 1.63 bits per heavy atom. The number of hydrogen-bond acceptors (Lipinski definition) is 5. The van der Waals surface area contributed by atoms with Crippen LogP contribution in [0.3, 0.4) is 0 Å². The first-order valence-electron chi connectivity index (χ1n) is 10.3. The van der Waals surface area contributed by atoms with E-state index in [1.807, 2.05) is 29.2 Å². The van der Waals surface area contributed by atoms with E-state index in [4.69, 9.17) is 9.47 Å². The van der Waals surface area contributed by atoms with Gasteiger partial charge in [-0.15, -0.1) is 0 Å². The van der Waals surface area contributed by atoms with E-state index in [9.17, 15) is 14.4 Å². The molecule has 2 aliphatic heterocycles. The van der Waals surface area contributed by atoms with Gasteiger partial charge in [-0.2, -0.15) is 0 Å². The molecule has 2 heterocycles. The fraction of sp³-hybridized carbons (Fsp3) is 0.591. The molecule has 3 rings (SSSR count). The Bertz CT molecular complexity index is 815. The SMILES string of the molecule is COc1ccccc1NC(=O)N1CCC2(CC1)CCN(C(=O)C(C)(C)OC(C)=O)C2. The monoisotopic (exact) mass is 417 g/mol. The molecule has 0 bridgehead atoms. The molecule has 1 N–H and O–H groups in total. The summed E-state index contributed by atoms with van der Waals surface area (Å²) in [7, 11) is 1.57. The highest BCUT2D eigenvalue weighted by Gasteiger charge is 2.46. The lowest BCUT2D eigenvalue weighted by atomic mass is 9.78. The Labute approximate surface area is 177 Å². The van der Waals surface area contributed by atoms with Gasteiger partial charge in [-0.1, -0.05) is 12.1 Å². The predicted octanol–water partition coefficient (Wildman–Crippen LogP) is 2.88. The van der Waals surface area contributed by atoms with Crippen molar-refractivity contribution in [1.82, 2.24) is 9.80 Å². The Balaban J connectivity index is 1.56. The maximum Gasteiger partial charge on any atom is 0.321 e. The third kappa shape index (κ3) is 4.68. The van der Waals surface area contributed by atoms with Crippen molar-refractivity contribution in [2.75, 3.05) is 38.6 Å². The standard InChI is InChI=1S/C22H31N3O5/c1-16(26)30-21(2,3)19(27)25-14-11-22(15-25)9-12-24(13-10-22)20(28)23-17-7-5-6-8-18(17)29-4/h5-8H,9-15H2,1-4H3,(H,23,28). The van der Waals surface area contributed by atoms with Gasteiger partial charge in [-0.25, -0.2) is 4.79 Å². The lowest BCUT2D eigenvalue weighted by molar-refractivity contribution is -0.168. The van der Waals surface area contributed by atoms with E-state index in [2.05, 4.69) is 5.32 Å². The molecule has 0 saturated carbocycles. The Hall–Kier alpha value is -2.77. The van der Waals surface area contributed by atoms with E-state index < -0.39 is 11.6 Å². The Morgan fingerprint density at radius 1 is 1.03 bits per heavy atom. The average Bonchev–Trinajstić information content (AvgIpc) is 3.10. The van der Waals surface area contributed by atoms with Gasteiger partial charge in [0.2, 0.25) is 0 Å². The van der Waals surface area contributed by atoms with E-state index in [0.717, 1.165) is 19.3 Å². The van der Waals surface area contributed by atoms with Crippen molar-refractivity contribution >= 4 is 23.6 Å². The van der Waals surface area contributed by atoms with Crippen molar-refractivity contribution in [3.63, 3.8) is 0 Å². The number of benzene rings is 1. The second-order valence-electron chi connectivity index (χ2n) is 8.70. The largest absolute Gasteiger partial charge is 0.495 e. The number of amides is 3. The topological polar surface area (TPSA) is 88.2 Å². The van der Waals surface area contributed by atoms with Crippen LogP contribution < -0.4 is 10.1 Å². The highest BCUT2D eigenvalue weighted by molar-refractivity contribution is 5.91. The molecule has 0 atom stereocenters. The number of carbonyl (C=O) groups is 3. The van der Waals surface area contributed by atoms with Gasteiger partial charge in [0.1, 0.15) is 5.75 Å². The number of urea groups is 1. The molecular weight excluding hydrogens is 386 g/mol. The van der Waals surface area contributed by atoms with Crippen molar-refractivity contribution in [3.8, 4) is 5.75 Å². The number of hydrogen-bond donors (Lipinski definition) is 1. The molecule has 3 amide bonds. The van der Waals surface area contributed by atoms with E-state index in [1.54, 1.807) is 25.9 Å². The van der Waals surface area contributed by atoms with Crippen LogP contribution in [-0.2, 0) is 14.3 Å². The van der Waals surface area contributed by atoms with Crippen molar-refractivity contribution in [1.29, 1.82) is 0 Å². The van der Waals surface area contributed by atoms with Crippen LogP contribution in [0, 0.1) is 5.41 Å². The molecule has 1 spiro atoms. The number of anilines is 1. The molecule has 0 unspecified atom stereocenters. The Kier molecular flexibility index (Phi) is 6.24. The number of para-hydroxylation sites is 2. The summed E-state index contributed by atoms with van der Waals surface area (Å²) < 4.78 is 10.5. The fourth-order valence-corrected chi connectivity index (χ4v) is 4.43. The molecule has 1 aromatic carbocycles. The minimum absolute atomic E-state index is 0.0170. The third-order valence-corrected chi connectivity index (χ3v) is 6.10. The molecule has 0 aliphatic carbocycles. The summed E-state index contributed by atoms with van der Waals surface area (Å²) in [6.45, 7) is 7.13. The highest BCUT2D eigenvalue weighted by Crippen LogP contribution is 2.41. The van der Waals surface area contributed by atoms with Gasteiger partial charge in [-0.05, 0) is 50.7 Å². The van der Waals surface area contributed by atoms with E-state index >= 15 is 0 Å². The van der Waals surface area contributed by atoms with Gasteiger partial charge < -0.3 is 24.6 Å². The zero-order valence-electron chi connectivity index (χ0n) is 18.2. The maximum atomic E-state index is 12.8. The number of piperidine rings is 1. The number of nitrogens with one attached hydrogen (secondary N) is 1. The van der Waals surface area contributed by atoms with Crippen molar-refractivity contribution in [2.45, 2.75) is 45.6 Å². The van der Waals surface area contributed by atoms with Crippen molar-refractivity contribution in [3.05, 3.63) is 24.3 Å². The summed E-state index contributed by atoms with van der Waals surface area (Å²) >= 11 is 0. The number of esters is 1. The zero-order valence-corrected chi connectivity index (χ0v) is 18.2. The predicted molar refractivity (Wildman–Crippen MR) is 112 cm³/mol. The first-order valence-corrected chi connectivity index (χ1v) is 10.3. The molecule has 164 valence electrons. The van der Waals surface area contributed by atoms with Crippen LogP contribution >= 0.6 is 0 Å². The van der Waals surface area contributed by atoms with Gasteiger partial charge in [0.05, 0.1) is 12.8 Å². The van der Waals surface area contributed by atoms with Crippen LogP contribution in [0.4, 0.5) is 10.5 Å². The van der Waals surface area contributed by atoms with Crippen molar-refractivity contribution < 1.29 is 23.9 Å².